The predicted molar refractivity (Wildman–Crippen MR) is 75.7 cm³/mol. The largest absolute Gasteiger partial charge is 0.481 e. The summed E-state index contributed by atoms with van der Waals surface area (Å²) in [6, 6.07) is 6.59. The van der Waals surface area contributed by atoms with E-state index >= 15 is 0 Å². The van der Waals surface area contributed by atoms with Crippen molar-refractivity contribution >= 4 is 11.9 Å². The quantitative estimate of drug-likeness (QED) is 0.712. The van der Waals surface area contributed by atoms with Crippen LogP contribution in [0.15, 0.2) is 36.4 Å². The van der Waals surface area contributed by atoms with E-state index < -0.39 is 11.9 Å². The number of aromatic carboxylic acids is 1. The fraction of sp³-hybridized carbons (Fsp3) is 0.333. The Bertz CT molecular complexity index is 493. The van der Waals surface area contributed by atoms with Gasteiger partial charge in [0.25, 0.3) is 0 Å². The molecule has 0 aromatic heterocycles. The van der Waals surface area contributed by atoms with Crippen molar-refractivity contribution in [1.82, 2.24) is 4.90 Å². The maximum Gasteiger partial charge on any atom is 0.335 e. The topological polar surface area (TPSA) is 77.8 Å². The Morgan fingerprint density at radius 3 is 2.25 bits per heavy atom. The van der Waals surface area contributed by atoms with Crippen molar-refractivity contribution in [1.29, 1.82) is 0 Å². The van der Waals surface area contributed by atoms with Crippen LogP contribution in [0.1, 0.15) is 29.3 Å². The van der Waals surface area contributed by atoms with Gasteiger partial charge in [0.15, 0.2) is 0 Å². The molecule has 20 heavy (non-hydrogen) atoms. The molecule has 1 aromatic rings. The zero-order chi connectivity index (χ0) is 15.1. The molecule has 1 rings (SSSR count). The van der Waals surface area contributed by atoms with Gasteiger partial charge in [0.05, 0.1) is 12.0 Å². The number of aliphatic carboxylic acids is 1. The van der Waals surface area contributed by atoms with Crippen molar-refractivity contribution in [3.05, 3.63) is 47.5 Å². The lowest BCUT2D eigenvalue weighted by Crippen LogP contribution is -2.27. The Balaban J connectivity index is 2.69. The van der Waals surface area contributed by atoms with Crippen LogP contribution in [0.4, 0.5) is 0 Å². The van der Waals surface area contributed by atoms with E-state index in [1.165, 1.54) is 0 Å². The number of rotatable bonds is 8. The SMILES string of the molecule is C=C(C)CN(CCC(=O)O)Cc1ccc(C(=O)O)cc1. The molecule has 0 aliphatic heterocycles. The number of nitrogens with zero attached hydrogens (tertiary/aromatic N) is 1. The minimum absolute atomic E-state index is 0.0699. The molecule has 1 aromatic carbocycles. The van der Waals surface area contributed by atoms with Crippen molar-refractivity contribution in [3.8, 4) is 0 Å². The first-order valence-corrected chi connectivity index (χ1v) is 6.29. The average Bonchev–Trinajstić information content (AvgIpc) is 2.36. The lowest BCUT2D eigenvalue weighted by molar-refractivity contribution is -0.137. The van der Waals surface area contributed by atoms with Gasteiger partial charge < -0.3 is 10.2 Å². The summed E-state index contributed by atoms with van der Waals surface area (Å²) in [5, 5.41) is 17.6. The summed E-state index contributed by atoms with van der Waals surface area (Å²) >= 11 is 0. The third-order valence-corrected chi connectivity index (χ3v) is 2.74. The van der Waals surface area contributed by atoms with Gasteiger partial charge in [-0.15, -0.1) is 0 Å². The van der Waals surface area contributed by atoms with Crippen LogP contribution < -0.4 is 0 Å². The number of carbonyl (C=O) groups is 2. The van der Waals surface area contributed by atoms with E-state index in [2.05, 4.69) is 6.58 Å². The predicted octanol–water partition coefficient (Wildman–Crippen LogP) is 2.24. The molecule has 0 atom stereocenters. The summed E-state index contributed by atoms with van der Waals surface area (Å²) in [7, 11) is 0. The fourth-order valence-electron chi connectivity index (χ4n) is 1.86. The van der Waals surface area contributed by atoms with Crippen LogP contribution in [0, 0.1) is 0 Å². The van der Waals surface area contributed by atoms with Crippen molar-refractivity contribution in [3.63, 3.8) is 0 Å². The molecule has 0 saturated heterocycles. The highest BCUT2D eigenvalue weighted by Gasteiger charge is 2.09. The maximum atomic E-state index is 10.8. The molecule has 2 N–H and O–H groups in total. The minimum atomic E-state index is -0.957. The second-order valence-corrected chi connectivity index (χ2v) is 4.81. The highest BCUT2D eigenvalue weighted by atomic mass is 16.4. The Morgan fingerprint density at radius 2 is 1.80 bits per heavy atom. The molecule has 5 heteroatoms. The molecule has 0 aliphatic carbocycles. The first-order chi connectivity index (χ1) is 9.38. The molecule has 0 aliphatic rings. The Kier molecular flexibility index (Phi) is 5.93. The van der Waals surface area contributed by atoms with Gasteiger partial charge in [0, 0.05) is 19.6 Å². The van der Waals surface area contributed by atoms with Gasteiger partial charge in [-0.05, 0) is 24.6 Å². The third-order valence-electron chi connectivity index (χ3n) is 2.74. The van der Waals surface area contributed by atoms with Crippen LogP contribution in [0.2, 0.25) is 0 Å². The molecule has 0 fully saturated rings. The second kappa shape index (κ2) is 7.45. The number of benzene rings is 1. The molecular weight excluding hydrogens is 258 g/mol. The smallest absolute Gasteiger partial charge is 0.335 e. The minimum Gasteiger partial charge on any atom is -0.481 e. The van der Waals surface area contributed by atoms with Crippen LogP contribution in [-0.4, -0.2) is 40.1 Å². The lowest BCUT2D eigenvalue weighted by Gasteiger charge is -2.21. The van der Waals surface area contributed by atoms with Gasteiger partial charge in [-0.25, -0.2) is 4.79 Å². The van der Waals surface area contributed by atoms with Crippen molar-refractivity contribution in [2.75, 3.05) is 13.1 Å². The van der Waals surface area contributed by atoms with Crippen LogP contribution in [0.5, 0.6) is 0 Å². The Morgan fingerprint density at radius 1 is 1.20 bits per heavy atom. The molecule has 0 unspecified atom stereocenters. The van der Waals surface area contributed by atoms with E-state index in [1.54, 1.807) is 24.3 Å². The normalized spacial score (nSPS) is 10.5. The maximum absolute atomic E-state index is 10.8. The zero-order valence-corrected chi connectivity index (χ0v) is 11.5. The molecule has 0 amide bonds. The number of hydrogen-bond acceptors (Lipinski definition) is 3. The molecule has 0 spiro atoms. The van der Waals surface area contributed by atoms with E-state index in [0.717, 1.165) is 11.1 Å². The van der Waals surface area contributed by atoms with Crippen molar-refractivity contribution in [2.24, 2.45) is 0 Å². The zero-order valence-electron chi connectivity index (χ0n) is 11.5. The second-order valence-electron chi connectivity index (χ2n) is 4.81. The van der Waals surface area contributed by atoms with Gasteiger partial charge in [-0.1, -0.05) is 24.3 Å². The Hall–Kier alpha value is -2.14. The highest BCUT2D eigenvalue weighted by molar-refractivity contribution is 5.87. The fourth-order valence-corrected chi connectivity index (χ4v) is 1.86. The van der Waals surface area contributed by atoms with E-state index in [9.17, 15) is 9.59 Å². The molecule has 0 saturated carbocycles. The molecule has 108 valence electrons. The summed E-state index contributed by atoms with van der Waals surface area (Å²) in [4.78, 5) is 23.4. The first-order valence-electron chi connectivity index (χ1n) is 6.29. The van der Waals surface area contributed by atoms with Crippen molar-refractivity contribution in [2.45, 2.75) is 19.9 Å². The first kappa shape index (κ1) is 15.9. The lowest BCUT2D eigenvalue weighted by atomic mass is 10.1. The average molecular weight is 277 g/mol. The standard InChI is InChI=1S/C15H19NO4/c1-11(2)9-16(8-7-14(17)18)10-12-3-5-13(6-4-12)15(19)20/h3-6H,1,7-10H2,2H3,(H,17,18)(H,19,20). The summed E-state index contributed by atoms with van der Waals surface area (Å²) in [5.74, 6) is -1.79. The van der Waals surface area contributed by atoms with E-state index in [0.29, 0.717) is 19.6 Å². The molecule has 5 nitrogen and oxygen atoms in total. The van der Waals surface area contributed by atoms with Crippen LogP contribution >= 0.6 is 0 Å². The van der Waals surface area contributed by atoms with Gasteiger partial charge in [0.2, 0.25) is 0 Å². The summed E-state index contributed by atoms with van der Waals surface area (Å²) in [5.41, 5.74) is 2.14. The van der Waals surface area contributed by atoms with E-state index in [1.807, 2.05) is 11.8 Å². The number of hydrogen-bond donors (Lipinski definition) is 2. The molecule has 0 heterocycles. The highest BCUT2D eigenvalue weighted by Crippen LogP contribution is 2.09. The van der Waals surface area contributed by atoms with Gasteiger partial charge in [-0.2, -0.15) is 0 Å². The van der Waals surface area contributed by atoms with Crippen LogP contribution in [0.25, 0.3) is 0 Å². The number of carboxylic acid groups (broad SMARTS) is 2. The van der Waals surface area contributed by atoms with Crippen LogP contribution in [-0.2, 0) is 11.3 Å². The summed E-state index contributed by atoms with van der Waals surface area (Å²) in [6.07, 6.45) is 0.0699. The third kappa shape index (κ3) is 5.67. The van der Waals surface area contributed by atoms with E-state index in [-0.39, 0.29) is 12.0 Å². The molecular formula is C15H19NO4. The van der Waals surface area contributed by atoms with Gasteiger partial charge in [-0.3, -0.25) is 9.69 Å². The van der Waals surface area contributed by atoms with Gasteiger partial charge in [0.1, 0.15) is 0 Å². The molecule has 0 bridgehead atoms. The molecule has 0 radical (unpaired) electrons. The number of carboxylic acids is 2. The monoisotopic (exact) mass is 277 g/mol. The Labute approximate surface area is 118 Å². The van der Waals surface area contributed by atoms with Crippen molar-refractivity contribution < 1.29 is 19.8 Å². The van der Waals surface area contributed by atoms with Gasteiger partial charge >= 0.3 is 11.9 Å². The summed E-state index contributed by atoms with van der Waals surface area (Å²) < 4.78 is 0. The summed E-state index contributed by atoms with van der Waals surface area (Å²) in [6.45, 7) is 7.35. The van der Waals surface area contributed by atoms with Crippen LogP contribution in [0.3, 0.4) is 0 Å². The van der Waals surface area contributed by atoms with E-state index in [4.69, 9.17) is 10.2 Å².